The molecule has 0 fully saturated rings. The molecule has 31 heavy (non-hydrogen) atoms. The average Bonchev–Trinajstić information content (AvgIpc) is 3.04. The molecule has 0 saturated heterocycles. The predicted octanol–water partition coefficient (Wildman–Crippen LogP) is 6.06. The van der Waals surface area contributed by atoms with E-state index in [1.165, 1.54) is 17.0 Å². The number of amides is 2. The highest BCUT2D eigenvalue weighted by Gasteiger charge is 2.39. The van der Waals surface area contributed by atoms with Gasteiger partial charge in [-0.2, -0.15) is 0 Å². The number of H-pyrrole nitrogens is 1. The summed E-state index contributed by atoms with van der Waals surface area (Å²) in [6.45, 7) is 1.80. The number of rotatable bonds is 3. The molecule has 1 aliphatic heterocycles. The zero-order valence-corrected chi connectivity index (χ0v) is 17.4. The fraction of sp³-hybridized carbons (Fsp3) is 0.0800. The van der Waals surface area contributed by atoms with Crippen molar-refractivity contribution in [3.8, 4) is 11.1 Å². The van der Waals surface area contributed by atoms with E-state index in [2.05, 4.69) is 4.98 Å². The molecule has 2 amide bonds. The van der Waals surface area contributed by atoms with Gasteiger partial charge in [-0.3, -0.25) is 14.5 Å². The zero-order chi connectivity index (χ0) is 21.7. The van der Waals surface area contributed by atoms with Gasteiger partial charge in [0.25, 0.3) is 11.8 Å². The maximum absolute atomic E-state index is 14.0. The van der Waals surface area contributed by atoms with E-state index < -0.39 is 6.04 Å². The molecule has 4 nitrogen and oxygen atoms in total. The van der Waals surface area contributed by atoms with Crippen LogP contribution >= 0.6 is 12.2 Å². The van der Waals surface area contributed by atoms with E-state index >= 15 is 0 Å². The Morgan fingerprint density at radius 3 is 2.16 bits per heavy atom. The van der Waals surface area contributed by atoms with Gasteiger partial charge in [-0.05, 0) is 42.8 Å². The van der Waals surface area contributed by atoms with Crippen LogP contribution in [0, 0.1) is 10.3 Å². The van der Waals surface area contributed by atoms with Crippen molar-refractivity contribution in [2.24, 2.45) is 0 Å². The molecular weight excluding hydrogens is 411 g/mol. The van der Waals surface area contributed by atoms with Crippen LogP contribution in [0.1, 0.15) is 39.4 Å². The van der Waals surface area contributed by atoms with Crippen LogP contribution in [0.4, 0.5) is 4.39 Å². The van der Waals surface area contributed by atoms with E-state index in [0.717, 1.165) is 5.56 Å². The summed E-state index contributed by atoms with van der Waals surface area (Å²) in [4.78, 5) is 30.7. The molecule has 4 aromatic rings. The average molecular weight is 428 g/mol. The number of carbonyl (C=O) groups excluding carboxylic acids is 2. The number of hydrogen-bond acceptors (Lipinski definition) is 3. The van der Waals surface area contributed by atoms with Crippen molar-refractivity contribution in [1.82, 2.24) is 9.88 Å². The summed E-state index contributed by atoms with van der Waals surface area (Å²) in [7, 11) is 0. The number of hydrogen-bond donors (Lipinski definition) is 1. The molecule has 0 radical (unpaired) electrons. The van der Waals surface area contributed by atoms with Gasteiger partial charge in [0.05, 0.1) is 21.7 Å². The van der Waals surface area contributed by atoms with Gasteiger partial charge in [0.1, 0.15) is 5.82 Å². The van der Waals surface area contributed by atoms with Gasteiger partial charge >= 0.3 is 0 Å². The monoisotopic (exact) mass is 428 g/mol. The Morgan fingerprint density at radius 2 is 1.52 bits per heavy atom. The molecular formula is C25H17FN2O2S. The number of carbonyl (C=O) groups is 2. The van der Waals surface area contributed by atoms with Crippen LogP contribution < -0.4 is 0 Å². The summed E-state index contributed by atoms with van der Waals surface area (Å²) < 4.78 is 14.4. The normalized spacial score (nSPS) is 14.2. The predicted molar refractivity (Wildman–Crippen MR) is 120 cm³/mol. The molecule has 0 saturated carbocycles. The van der Waals surface area contributed by atoms with Crippen LogP contribution in [0.25, 0.3) is 22.0 Å². The van der Waals surface area contributed by atoms with E-state index in [0.29, 0.717) is 37.8 Å². The minimum Gasteiger partial charge on any atom is -0.356 e. The Labute approximate surface area is 183 Å². The fourth-order valence-corrected chi connectivity index (χ4v) is 4.57. The highest BCUT2D eigenvalue weighted by molar-refractivity contribution is 7.71. The summed E-state index contributed by atoms with van der Waals surface area (Å²) in [5.41, 5.74) is 3.56. The van der Waals surface area contributed by atoms with Crippen LogP contribution in [0.3, 0.4) is 0 Å². The maximum Gasteiger partial charge on any atom is 0.262 e. The van der Waals surface area contributed by atoms with Crippen molar-refractivity contribution in [1.29, 1.82) is 0 Å². The van der Waals surface area contributed by atoms with E-state index in [1.807, 2.05) is 30.3 Å². The quantitative estimate of drug-likeness (QED) is 0.319. The molecule has 1 N–H and O–H groups in total. The first-order valence-electron chi connectivity index (χ1n) is 9.85. The van der Waals surface area contributed by atoms with Crippen LogP contribution in [-0.2, 0) is 0 Å². The number of nitrogens with one attached hydrogen (secondary N) is 1. The Balaban J connectivity index is 1.75. The van der Waals surface area contributed by atoms with Gasteiger partial charge in [-0.1, -0.05) is 54.7 Å². The van der Waals surface area contributed by atoms with E-state index in [1.54, 1.807) is 37.3 Å². The highest BCUT2D eigenvalue weighted by Crippen LogP contribution is 2.37. The third kappa shape index (κ3) is 2.99. The van der Waals surface area contributed by atoms with Crippen molar-refractivity contribution < 1.29 is 14.0 Å². The minimum absolute atomic E-state index is 0.342. The first-order chi connectivity index (χ1) is 15.0. The second-order valence-corrected chi connectivity index (χ2v) is 7.91. The van der Waals surface area contributed by atoms with Gasteiger partial charge in [-0.25, -0.2) is 4.39 Å². The standard InChI is InChI=1S/C25H17FN2O2S/c1-14(28-24(29)17-9-5-6-10-18(17)25(28)30)22-21(15-7-3-2-4-8-15)23(31)19-13-16(26)11-12-20(19)27-22/h2-14H,1H3,(H,27,31). The highest BCUT2D eigenvalue weighted by atomic mass is 32.1. The number of imide groups is 1. The van der Waals surface area contributed by atoms with Crippen molar-refractivity contribution in [2.45, 2.75) is 13.0 Å². The summed E-state index contributed by atoms with van der Waals surface area (Å²) in [5, 5.41) is 0.576. The number of aromatic nitrogens is 1. The molecule has 152 valence electrons. The lowest BCUT2D eigenvalue weighted by atomic mass is 9.97. The van der Waals surface area contributed by atoms with Crippen molar-refractivity contribution >= 4 is 34.9 Å². The molecule has 5 rings (SSSR count). The molecule has 0 bridgehead atoms. The maximum atomic E-state index is 14.0. The van der Waals surface area contributed by atoms with Crippen LogP contribution in [0.5, 0.6) is 0 Å². The van der Waals surface area contributed by atoms with Gasteiger partial charge in [0.15, 0.2) is 0 Å². The number of halogens is 1. The van der Waals surface area contributed by atoms with E-state index in [9.17, 15) is 14.0 Å². The second kappa shape index (κ2) is 7.25. The smallest absolute Gasteiger partial charge is 0.262 e. The first kappa shape index (κ1) is 19.3. The molecule has 1 aromatic heterocycles. The number of nitrogens with zero attached hydrogens (tertiary/aromatic N) is 1. The Morgan fingerprint density at radius 1 is 0.903 bits per heavy atom. The van der Waals surface area contributed by atoms with Gasteiger partial charge < -0.3 is 4.98 Å². The molecule has 1 atom stereocenters. The summed E-state index contributed by atoms with van der Waals surface area (Å²) >= 11 is 5.77. The van der Waals surface area contributed by atoms with Gasteiger partial charge in [0, 0.05) is 22.2 Å². The molecule has 0 spiro atoms. The van der Waals surface area contributed by atoms with Crippen molar-refractivity contribution in [2.75, 3.05) is 0 Å². The molecule has 3 aromatic carbocycles. The van der Waals surface area contributed by atoms with Gasteiger partial charge in [-0.15, -0.1) is 0 Å². The summed E-state index contributed by atoms with van der Waals surface area (Å²) in [6.07, 6.45) is 0. The zero-order valence-electron chi connectivity index (χ0n) is 16.6. The SMILES string of the molecule is CC(c1[nH]c2ccc(F)cc2c(=S)c1-c1ccccc1)N1C(=O)c2ccccc2C1=O. The number of benzene rings is 3. The summed E-state index contributed by atoms with van der Waals surface area (Å²) in [5.74, 6) is -1.07. The largest absolute Gasteiger partial charge is 0.356 e. The topological polar surface area (TPSA) is 53.2 Å². The Hall–Kier alpha value is -3.64. The number of pyridine rings is 1. The lowest BCUT2D eigenvalue weighted by Crippen LogP contribution is -2.33. The fourth-order valence-electron chi connectivity index (χ4n) is 4.17. The first-order valence-corrected chi connectivity index (χ1v) is 10.3. The third-order valence-corrected chi connectivity index (χ3v) is 6.11. The molecule has 6 heteroatoms. The molecule has 2 heterocycles. The van der Waals surface area contributed by atoms with Crippen LogP contribution in [0.15, 0.2) is 72.8 Å². The lowest BCUT2D eigenvalue weighted by Gasteiger charge is -2.25. The minimum atomic E-state index is -0.612. The third-order valence-electron chi connectivity index (χ3n) is 5.68. The Kier molecular flexibility index (Phi) is 4.52. The number of aromatic amines is 1. The lowest BCUT2D eigenvalue weighted by molar-refractivity contribution is 0.0593. The number of fused-ring (bicyclic) bond motifs is 2. The molecule has 1 unspecified atom stereocenters. The van der Waals surface area contributed by atoms with Crippen LogP contribution in [-0.4, -0.2) is 21.7 Å². The van der Waals surface area contributed by atoms with Crippen molar-refractivity contribution in [3.63, 3.8) is 0 Å². The molecule has 0 aliphatic carbocycles. The Bertz CT molecular complexity index is 1390. The van der Waals surface area contributed by atoms with Crippen molar-refractivity contribution in [3.05, 3.63) is 99.9 Å². The second-order valence-electron chi connectivity index (χ2n) is 7.50. The summed E-state index contributed by atoms with van der Waals surface area (Å²) in [6, 6.07) is 20.0. The van der Waals surface area contributed by atoms with E-state index in [4.69, 9.17) is 12.2 Å². The van der Waals surface area contributed by atoms with E-state index in [-0.39, 0.29) is 17.6 Å². The van der Waals surface area contributed by atoms with Crippen LogP contribution in [0.2, 0.25) is 0 Å². The molecule has 1 aliphatic rings. The van der Waals surface area contributed by atoms with Gasteiger partial charge in [0.2, 0.25) is 0 Å².